The Morgan fingerprint density at radius 1 is 1.48 bits per heavy atom. The molecule has 0 aliphatic carbocycles. The van der Waals surface area contributed by atoms with E-state index in [1.807, 2.05) is 6.07 Å². The molecule has 8 nitrogen and oxygen atoms in total. The van der Waals surface area contributed by atoms with Gasteiger partial charge in [0.2, 0.25) is 0 Å². The van der Waals surface area contributed by atoms with Gasteiger partial charge in [-0.3, -0.25) is 4.79 Å². The number of carbonyl (C=O) groups excluding carboxylic acids is 1. The Hall–Kier alpha value is -2.77. The number of H-pyrrole nitrogens is 1. The van der Waals surface area contributed by atoms with E-state index < -0.39 is 12.0 Å². The van der Waals surface area contributed by atoms with Gasteiger partial charge in [0.15, 0.2) is 0 Å². The molecular weight excluding hydrogens is 298 g/mol. The van der Waals surface area contributed by atoms with Crippen LogP contribution in [0.25, 0.3) is 11.0 Å². The van der Waals surface area contributed by atoms with Gasteiger partial charge >= 0.3 is 6.09 Å². The number of fused-ring (bicyclic) bond motifs is 1. The Labute approximate surface area is 132 Å². The third-order valence-corrected chi connectivity index (χ3v) is 4.24. The van der Waals surface area contributed by atoms with Gasteiger partial charge in [-0.1, -0.05) is 0 Å². The Bertz CT molecular complexity index is 742. The van der Waals surface area contributed by atoms with E-state index in [0.717, 1.165) is 24.6 Å². The van der Waals surface area contributed by atoms with Gasteiger partial charge in [0.05, 0.1) is 17.3 Å². The molecule has 1 saturated heterocycles. The van der Waals surface area contributed by atoms with Crippen molar-refractivity contribution >= 4 is 28.7 Å². The third kappa shape index (κ3) is 2.92. The monoisotopic (exact) mass is 317 g/mol. The van der Waals surface area contributed by atoms with Crippen LogP contribution in [0.5, 0.6) is 0 Å². The van der Waals surface area contributed by atoms with Crippen LogP contribution in [-0.4, -0.2) is 51.1 Å². The number of nitrogens with two attached hydrogens (primary N) is 1. The number of aromatic amines is 1. The summed E-state index contributed by atoms with van der Waals surface area (Å²) in [4.78, 5) is 31.6. The molecule has 8 heteroatoms. The molecule has 0 saturated carbocycles. The van der Waals surface area contributed by atoms with Crippen LogP contribution in [-0.2, 0) is 0 Å². The number of aromatic nitrogens is 2. The number of nitrogens with zero attached hydrogens (tertiary/aromatic N) is 2. The molecule has 1 atom stereocenters. The number of rotatable bonds is 4. The molecule has 0 spiro atoms. The van der Waals surface area contributed by atoms with Crippen molar-refractivity contribution in [2.24, 2.45) is 5.73 Å². The highest BCUT2D eigenvalue weighted by Gasteiger charge is 2.26. The Morgan fingerprint density at radius 3 is 3.04 bits per heavy atom. The summed E-state index contributed by atoms with van der Waals surface area (Å²) in [5.74, 6) is -0.568. The van der Waals surface area contributed by atoms with E-state index in [0.29, 0.717) is 30.0 Å². The third-order valence-electron chi connectivity index (χ3n) is 4.24. The van der Waals surface area contributed by atoms with Gasteiger partial charge in [0.25, 0.3) is 5.91 Å². The predicted octanol–water partition coefficient (Wildman–Crippen LogP) is 1.61. The molecule has 0 aromatic carbocycles. The molecule has 0 radical (unpaired) electrons. The van der Waals surface area contributed by atoms with Crippen LogP contribution in [0, 0.1) is 0 Å². The molecule has 0 bridgehead atoms. The second kappa shape index (κ2) is 6.15. The zero-order valence-electron chi connectivity index (χ0n) is 12.6. The van der Waals surface area contributed by atoms with Crippen LogP contribution in [0.2, 0.25) is 0 Å². The quantitative estimate of drug-likeness (QED) is 0.682. The van der Waals surface area contributed by atoms with Gasteiger partial charge in [-0.05, 0) is 25.3 Å². The fraction of sp³-hybridized carbons (Fsp3) is 0.400. The predicted molar refractivity (Wildman–Crippen MR) is 85.5 cm³/mol. The first kappa shape index (κ1) is 15.1. The zero-order chi connectivity index (χ0) is 16.4. The van der Waals surface area contributed by atoms with Crippen molar-refractivity contribution in [1.29, 1.82) is 0 Å². The van der Waals surface area contributed by atoms with Crippen molar-refractivity contribution < 1.29 is 14.7 Å². The topological polar surface area (TPSA) is 124 Å². The maximum Gasteiger partial charge on any atom is 0.407 e. The van der Waals surface area contributed by atoms with Crippen molar-refractivity contribution in [1.82, 2.24) is 14.9 Å². The smallest absolute Gasteiger partial charge is 0.407 e. The van der Waals surface area contributed by atoms with Gasteiger partial charge in [-0.2, -0.15) is 0 Å². The fourth-order valence-electron chi connectivity index (χ4n) is 3.07. The summed E-state index contributed by atoms with van der Waals surface area (Å²) in [6.07, 6.45) is 4.93. The lowest BCUT2D eigenvalue weighted by Gasteiger charge is -2.34. The standard InChI is InChI=1S/C15H19N5O3/c16-13(21)11-8-19-14-10(4-5-17-14)12(11)18-7-9-3-1-2-6-20(9)15(22)23/h4-5,8-9H,1-3,6-7H2,(H2,16,21)(H,22,23)(H2,17,18,19). The van der Waals surface area contributed by atoms with E-state index >= 15 is 0 Å². The molecule has 1 fully saturated rings. The first-order valence-corrected chi connectivity index (χ1v) is 7.57. The summed E-state index contributed by atoms with van der Waals surface area (Å²) in [7, 11) is 0. The molecule has 1 aliphatic rings. The van der Waals surface area contributed by atoms with Gasteiger partial charge < -0.3 is 26.0 Å². The van der Waals surface area contributed by atoms with E-state index in [-0.39, 0.29) is 6.04 Å². The number of hydrogen-bond donors (Lipinski definition) is 4. The minimum atomic E-state index is -0.909. The van der Waals surface area contributed by atoms with Crippen LogP contribution >= 0.6 is 0 Å². The van der Waals surface area contributed by atoms with Crippen LogP contribution in [0.1, 0.15) is 29.6 Å². The average molecular weight is 317 g/mol. The van der Waals surface area contributed by atoms with Crippen LogP contribution in [0.4, 0.5) is 10.5 Å². The van der Waals surface area contributed by atoms with Crippen molar-refractivity contribution in [3.05, 3.63) is 24.0 Å². The summed E-state index contributed by atoms with van der Waals surface area (Å²) in [6, 6.07) is 1.69. The van der Waals surface area contributed by atoms with Gasteiger partial charge in [0, 0.05) is 30.9 Å². The first-order chi connectivity index (χ1) is 11.1. The number of amides is 2. The lowest BCUT2D eigenvalue weighted by atomic mass is 10.0. The molecule has 3 heterocycles. The number of likely N-dealkylation sites (tertiary alicyclic amines) is 1. The number of piperidine rings is 1. The molecule has 2 aromatic heterocycles. The molecule has 3 rings (SSSR count). The Morgan fingerprint density at radius 2 is 2.30 bits per heavy atom. The summed E-state index contributed by atoms with van der Waals surface area (Å²) in [6.45, 7) is 0.969. The highest BCUT2D eigenvalue weighted by molar-refractivity contribution is 6.05. The molecule has 2 aromatic rings. The van der Waals surface area contributed by atoms with E-state index in [4.69, 9.17) is 5.73 Å². The normalized spacial score (nSPS) is 18.1. The summed E-state index contributed by atoms with van der Waals surface area (Å²) < 4.78 is 0. The summed E-state index contributed by atoms with van der Waals surface area (Å²) >= 11 is 0. The Balaban J connectivity index is 1.85. The van der Waals surface area contributed by atoms with E-state index in [9.17, 15) is 14.7 Å². The molecule has 2 amide bonds. The van der Waals surface area contributed by atoms with Crippen molar-refractivity contribution in [2.75, 3.05) is 18.4 Å². The van der Waals surface area contributed by atoms with Crippen LogP contribution in [0.15, 0.2) is 18.5 Å². The highest BCUT2D eigenvalue weighted by Crippen LogP contribution is 2.26. The number of carbonyl (C=O) groups is 2. The van der Waals surface area contributed by atoms with Gasteiger partial charge in [-0.15, -0.1) is 0 Å². The largest absolute Gasteiger partial charge is 0.465 e. The Kier molecular flexibility index (Phi) is 4.05. The molecule has 122 valence electrons. The maximum atomic E-state index is 11.6. The van der Waals surface area contributed by atoms with Crippen molar-refractivity contribution in [3.63, 3.8) is 0 Å². The number of hydrogen-bond acceptors (Lipinski definition) is 4. The van der Waals surface area contributed by atoms with Crippen molar-refractivity contribution in [3.8, 4) is 0 Å². The van der Waals surface area contributed by atoms with Gasteiger partial charge in [0.1, 0.15) is 5.65 Å². The highest BCUT2D eigenvalue weighted by atomic mass is 16.4. The maximum absolute atomic E-state index is 11.6. The van der Waals surface area contributed by atoms with E-state index in [1.165, 1.54) is 11.1 Å². The molecular formula is C15H19N5O3. The van der Waals surface area contributed by atoms with E-state index in [1.54, 1.807) is 6.20 Å². The van der Waals surface area contributed by atoms with Gasteiger partial charge in [-0.25, -0.2) is 9.78 Å². The van der Waals surface area contributed by atoms with Crippen LogP contribution in [0.3, 0.4) is 0 Å². The number of primary amides is 1. The summed E-state index contributed by atoms with van der Waals surface area (Å²) in [5.41, 5.74) is 6.97. The summed E-state index contributed by atoms with van der Waals surface area (Å²) in [5, 5.41) is 13.3. The number of anilines is 1. The number of pyridine rings is 1. The SMILES string of the molecule is NC(=O)c1cnc2[nH]ccc2c1NCC1CCCCN1C(=O)O. The number of nitrogens with one attached hydrogen (secondary N) is 2. The first-order valence-electron chi connectivity index (χ1n) is 7.57. The minimum absolute atomic E-state index is 0.121. The molecule has 1 unspecified atom stereocenters. The second-order valence-electron chi connectivity index (χ2n) is 5.66. The minimum Gasteiger partial charge on any atom is -0.465 e. The van der Waals surface area contributed by atoms with Crippen LogP contribution < -0.4 is 11.1 Å². The van der Waals surface area contributed by atoms with E-state index in [2.05, 4.69) is 15.3 Å². The lowest BCUT2D eigenvalue weighted by molar-refractivity contribution is 0.0999. The molecule has 23 heavy (non-hydrogen) atoms. The second-order valence-corrected chi connectivity index (χ2v) is 5.66. The molecule has 1 aliphatic heterocycles. The zero-order valence-corrected chi connectivity index (χ0v) is 12.6. The fourth-order valence-corrected chi connectivity index (χ4v) is 3.07. The average Bonchev–Trinajstić information content (AvgIpc) is 3.01. The number of carboxylic acid groups (broad SMARTS) is 1. The lowest BCUT2D eigenvalue weighted by Crippen LogP contribution is -2.46. The molecule has 5 N–H and O–H groups in total. The van der Waals surface area contributed by atoms with Crippen molar-refractivity contribution in [2.45, 2.75) is 25.3 Å².